The van der Waals surface area contributed by atoms with Gasteiger partial charge in [0.2, 0.25) is 5.91 Å². The standard InChI is InChI=1S/C13H15FN4O/c14-8-1-2-9-10(7-8)18-11(17-9)3-6-16-12(19)13(15)4-5-13/h1-2,7H,3-6,15H2,(H,16,19)(H,17,18). The van der Waals surface area contributed by atoms with Gasteiger partial charge in [-0.1, -0.05) is 0 Å². The summed E-state index contributed by atoms with van der Waals surface area (Å²) < 4.78 is 13.0. The first-order chi connectivity index (χ1) is 9.07. The molecule has 0 bridgehead atoms. The molecule has 0 radical (unpaired) electrons. The van der Waals surface area contributed by atoms with Crippen LogP contribution in [0, 0.1) is 5.82 Å². The number of carbonyl (C=O) groups is 1. The molecule has 0 saturated heterocycles. The van der Waals surface area contributed by atoms with E-state index in [2.05, 4.69) is 15.3 Å². The maximum absolute atomic E-state index is 13.0. The molecule has 19 heavy (non-hydrogen) atoms. The van der Waals surface area contributed by atoms with Gasteiger partial charge in [0, 0.05) is 13.0 Å². The topological polar surface area (TPSA) is 83.8 Å². The highest BCUT2D eigenvalue weighted by Gasteiger charge is 2.45. The molecule has 5 nitrogen and oxygen atoms in total. The predicted octanol–water partition coefficient (Wildman–Crippen LogP) is 0.852. The highest BCUT2D eigenvalue weighted by Crippen LogP contribution is 2.31. The van der Waals surface area contributed by atoms with Crippen LogP contribution in [0.4, 0.5) is 4.39 Å². The molecule has 1 aliphatic rings. The van der Waals surface area contributed by atoms with Crippen molar-refractivity contribution in [2.75, 3.05) is 6.54 Å². The van der Waals surface area contributed by atoms with Gasteiger partial charge in [-0.05, 0) is 31.0 Å². The van der Waals surface area contributed by atoms with E-state index in [-0.39, 0.29) is 11.7 Å². The molecule has 1 aromatic carbocycles. The van der Waals surface area contributed by atoms with E-state index < -0.39 is 5.54 Å². The zero-order chi connectivity index (χ0) is 13.5. The van der Waals surface area contributed by atoms with Crippen molar-refractivity contribution >= 4 is 16.9 Å². The lowest BCUT2D eigenvalue weighted by atomic mass is 10.2. The van der Waals surface area contributed by atoms with Gasteiger partial charge in [0.05, 0.1) is 16.6 Å². The lowest BCUT2D eigenvalue weighted by molar-refractivity contribution is -0.123. The second-order valence-electron chi connectivity index (χ2n) is 5.01. The van der Waals surface area contributed by atoms with Crippen LogP contribution in [0.5, 0.6) is 0 Å². The molecular weight excluding hydrogens is 247 g/mol. The smallest absolute Gasteiger partial charge is 0.240 e. The van der Waals surface area contributed by atoms with Gasteiger partial charge < -0.3 is 16.0 Å². The third-order valence-electron chi connectivity index (χ3n) is 3.38. The summed E-state index contributed by atoms with van der Waals surface area (Å²) in [5.41, 5.74) is 6.52. The number of nitrogens with one attached hydrogen (secondary N) is 2. The summed E-state index contributed by atoms with van der Waals surface area (Å²) in [6.45, 7) is 0.472. The molecule has 1 fully saturated rings. The molecule has 1 aliphatic carbocycles. The molecular formula is C13H15FN4O. The Morgan fingerprint density at radius 3 is 3.05 bits per heavy atom. The van der Waals surface area contributed by atoms with Crippen molar-refractivity contribution in [3.05, 3.63) is 29.8 Å². The first-order valence-electron chi connectivity index (χ1n) is 6.28. The Morgan fingerprint density at radius 1 is 1.53 bits per heavy atom. The van der Waals surface area contributed by atoms with Gasteiger partial charge in [-0.2, -0.15) is 0 Å². The highest BCUT2D eigenvalue weighted by molar-refractivity contribution is 5.88. The normalized spacial score (nSPS) is 16.5. The summed E-state index contributed by atoms with van der Waals surface area (Å²) in [6, 6.07) is 4.41. The molecule has 4 N–H and O–H groups in total. The van der Waals surface area contributed by atoms with Gasteiger partial charge in [-0.3, -0.25) is 4.79 Å². The van der Waals surface area contributed by atoms with E-state index in [1.54, 1.807) is 6.07 Å². The lowest BCUT2D eigenvalue weighted by Crippen LogP contribution is -2.43. The van der Waals surface area contributed by atoms with Crippen LogP contribution in [-0.2, 0) is 11.2 Å². The molecule has 0 unspecified atom stereocenters. The number of imidazole rings is 1. The van der Waals surface area contributed by atoms with E-state index in [1.165, 1.54) is 12.1 Å². The Kier molecular flexibility index (Phi) is 2.74. The Morgan fingerprint density at radius 2 is 2.32 bits per heavy atom. The number of fused-ring (bicyclic) bond motifs is 1. The van der Waals surface area contributed by atoms with E-state index in [4.69, 9.17) is 5.73 Å². The van der Waals surface area contributed by atoms with Crippen molar-refractivity contribution in [1.82, 2.24) is 15.3 Å². The maximum Gasteiger partial charge on any atom is 0.240 e. The van der Waals surface area contributed by atoms with Gasteiger partial charge in [-0.15, -0.1) is 0 Å². The van der Waals surface area contributed by atoms with Crippen molar-refractivity contribution in [1.29, 1.82) is 0 Å². The molecule has 1 amide bonds. The van der Waals surface area contributed by atoms with Gasteiger partial charge in [0.25, 0.3) is 0 Å². The first kappa shape index (κ1) is 12.1. The minimum atomic E-state index is -0.642. The summed E-state index contributed by atoms with van der Waals surface area (Å²) in [5, 5.41) is 2.79. The summed E-state index contributed by atoms with van der Waals surface area (Å²) in [7, 11) is 0. The van der Waals surface area contributed by atoms with Crippen molar-refractivity contribution in [3.63, 3.8) is 0 Å². The van der Waals surface area contributed by atoms with Crippen LogP contribution in [-0.4, -0.2) is 28.0 Å². The third-order valence-corrected chi connectivity index (χ3v) is 3.38. The van der Waals surface area contributed by atoms with E-state index in [1.807, 2.05) is 0 Å². The van der Waals surface area contributed by atoms with Gasteiger partial charge in [0.15, 0.2) is 0 Å². The molecule has 3 rings (SSSR count). The van der Waals surface area contributed by atoms with Crippen LogP contribution in [0.15, 0.2) is 18.2 Å². The van der Waals surface area contributed by atoms with Crippen molar-refractivity contribution < 1.29 is 9.18 Å². The zero-order valence-corrected chi connectivity index (χ0v) is 10.4. The minimum Gasteiger partial charge on any atom is -0.354 e. The van der Waals surface area contributed by atoms with E-state index in [9.17, 15) is 9.18 Å². The first-order valence-corrected chi connectivity index (χ1v) is 6.28. The van der Waals surface area contributed by atoms with Crippen LogP contribution >= 0.6 is 0 Å². The number of hydrogen-bond acceptors (Lipinski definition) is 3. The van der Waals surface area contributed by atoms with Gasteiger partial charge in [0.1, 0.15) is 11.6 Å². The van der Waals surface area contributed by atoms with Crippen molar-refractivity contribution in [2.45, 2.75) is 24.8 Å². The average molecular weight is 262 g/mol. The molecule has 0 aliphatic heterocycles. The van der Waals surface area contributed by atoms with Crippen LogP contribution in [0.1, 0.15) is 18.7 Å². The lowest BCUT2D eigenvalue weighted by Gasteiger charge is -2.08. The molecule has 1 heterocycles. The number of H-pyrrole nitrogens is 1. The fourth-order valence-corrected chi connectivity index (χ4v) is 1.99. The fourth-order valence-electron chi connectivity index (χ4n) is 1.99. The Hall–Kier alpha value is -1.95. The predicted molar refractivity (Wildman–Crippen MR) is 68.9 cm³/mol. The van der Waals surface area contributed by atoms with E-state index in [0.717, 1.165) is 24.2 Å². The molecule has 1 aromatic heterocycles. The summed E-state index contributed by atoms with van der Waals surface area (Å²) in [5.74, 6) is 0.326. The second-order valence-corrected chi connectivity index (χ2v) is 5.01. The molecule has 6 heteroatoms. The summed E-state index contributed by atoms with van der Waals surface area (Å²) >= 11 is 0. The SMILES string of the molecule is NC1(C(=O)NCCc2nc3ccc(F)cc3[nH]2)CC1. The van der Waals surface area contributed by atoms with Crippen molar-refractivity contribution in [3.8, 4) is 0 Å². The molecule has 1 saturated carbocycles. The van der Waals surface area contributed by atoms with Crippen LogP contribution < -0.4 is 11.1 Å². The molecule has 0 atom stereocenters. The quantitative estimate of drug-likeness (QED) is 0.764. The minimum absolute atomic E-state index is 0.102. The van der Waals surface area contributed by atoms with E-state index in [0.29, 0.717) is 18.5 Å². The Balaban J connectivity index is 1.61. The molecule has 0 spiro atoms. The number of benzene rings is 1. The third kappa shape index (κ3) is 2.44. The molecule has 100 valence electrons. The average Bonchev–Trinajstić information content (AvgIpc) is 3.00. The molecule has 2 aromatic rings. The summed E-state index contributed by atoms with van der Waals surface area (Å²) in [4.78, 5) is 19.0. The number of carbonyl (C=O) groups excluding carboxylic acids is 1. The number of rotatable bonds is 4. The number of nitrogens with two attached hydrogens (primary N) is 1. The number of hydrogen-bond donors (Lipinski definition) is 3. The van der Waals surface area contributed by atoms with E-state index >= 15 is 0 Å². The number of amides is 1. The largest absolute Gasteiger partial charge is 0.354 e. The maximum atomic E-state index is 13.0. The highest BCUT2D eigenvalue weighted by atomic mass is 19.1. The number of halogens is 1. The fraction of sp³-hybridized carbons (Fsp3) is 0.385. The van der Waals surface area contributed by atoms with Crippen molar-refractivity contribution in [2.24, 2.45) is 5.73 Å². The van der Waals surface area contributed by atoms with Crippen LogP contribution in [0.3, 0.4) is 0 Å². The second kappa shape index (κ2) is 4.31. The van der Waals surface area contributed by atoms with Crippen LogP contribution in [0.25, 0.3) is 11.0 Å². The number of nitrogens with zero attached hydrogens (tertiary/aromatic N) is 1. The van der Waals surface area contributed by atoms with Crippen LogP contribution in [0.2, 0.25) is 0 Å². The Labute approximate surface area is 109 Å². The zero-order valence-electron chi connectivity index (χ0n) is 10.4. The van der Waals surface area contributed by atoms with Gasteiger partial charge in [-0.25, -0.2) is 9.37 Å². The summed E-state index contributed by atoms with van der Waals surface area (Å²) in [6.07, 6.45) is 2.07. The number of aromatic amines is 1. The monoisotopic (exact) mass is 262 g/mol. The van der Waals surface area contributed by atoms with Gasteiger partial charge >= 0.3 is 0 Å². The number of aromatic nitrogens is 2. The Bertz CT molecular complexity index is 633.